The molecule has 0 bridgehead atoms. The number of nitro benzene ring substituents is 1. The molecule has 1 amide bonds. The van der Waals surface area contributed by atoms with Gasteiger partial charge in [-0.1, -0.05) is 12.8 Å². The van der Waals surface area contributed by atoms with Crippen LogP contribution in [0.1, 0.15) is 38.5 Å². The summed E-state index contributed by atoms with van der Waals surface area (Å²) in [4.78, 5) is 22.7. The number of nitro groups is 1. The lowest BCUT2D eigenvalue weighted by Crippen LogP contribution is -2.33. The number of nitrogens with zero attached hydrogens (tertiary/aromatic N) is 1. The molecule has 0 heterocycles. The second kappa shape index (κ2) is 9.61. The summed E-state index contributed by atoms with van der Waals surface area (Å²) >= 11 is 1.30. The molecule has 0 aliphatic heterocycles. The van der Waals surface area contributed by atoms with E-state index in [1.807, 2.05) is 0 Å². The number of carbonyl (C=O) groups excluding carboxylic acids is 1. The maximum atomic E-state index is 11.8. The first-order valence-corrected chi connectivity index (χ1v) is 8.98. The van der Waals surface area contributed by atoms with Crippen molar-refractivity contribution in [2.75, 3.05) is 6.54 Å². The smallest absolute Gasteiger partial charge is 0.269 e. The minimum absolute atomic E-state index is 0.00368. The minimum atomic E-state index is -0.607. The molecule has 1 aliphatic rings. The molecule has 1 unspecified atom stereocenters. The second-order valence-electron chi connectivity index (χ2n) is 5.94. The molecule has 0 saturated heterocycles. The van der Waals surface area contributed by atoms with E-state index in [1.54, 1.807) is 12.1 Å². The molecule has 1 aromatic carbocycles. The number of aliphatic hydroxyl groups excluding tert-OH is 1. The van der Waals surface area contributed by atoms with Crippen LogP contribution in [0.3, 0.4) is 0 Å². The highest BCUT2D eigenvalue weighted by atomic mass is 32.2. The van der Waals surface area contributed by atoms with Crippen LogP contribution in [0.4, 0.5) is 5.69 Å². The SMILES string of the molecule is O=C(CCC(O)CNSc1ccc([N+](=O)[O-])cc1)NC1CCCC1. The van der Waals surface area contributed by atoms with Gasteiger partial charge in [-0.2, -0.15) is 0 Å². The minimum Gasteiger partial charge on any atom is -0.392 e. The van der Waals surface area contributed by atoms with Crippen LogP contribution in [-0.2, 0) is 4.79 Å². The summed E-state index contributed by atoms with van der Waals surface area (Å²) < 4.78 is 3.01. The lowest BCUT2D eigenvalue weighted by molar-refractivity contribution is -0.384. The Balaban J connectivity index is 1.59. The molecule has 1 atom stereocenters. The average molecular weight is 353 g/mol. The van der Waals surface area contributed by atoms with Crippen molar-refractivity contribution >= 4 is 23.5 Å². The quantitative estimate of drug-likeness (QED) is 0.358. The van der Waals surface area contributed by atoms with Gasteiger partial charge in [0.1, 0.15) is 0 Å². The number of hydrogen-bond donors (Lipinski definition) is 3. The van der Waals surface area contributed by atoms with Crippen LogP contribution in [0, 0.1) is 10.1 Å². The largest absolute Gasteiger partial charge is 0.392 e. The first kappa shape index (κ1) is 18.7. The van der Waals surface area contributed by atoms with Crippen molar-refractivity contribution in [2.45, 2.75) is 55.6 Å². The van der Waals surface area contributed by atoms with E-state index in [2.05, 4.69) is 10.0 Å². The van der Waals surface area contributed by atoms with Crippen LogP contribution in [0.2, 0.25) is 0 Å². The van der Waals surface area contributed by atoms with Gasteiger partial charge in [-0.25, -0.2) is 0 Å². The third-order valence-electron chi connectivity index (χ3n) is 3.98. The van der Waals surface area contributed by atoms with Gasteiger partial charge in [0.25, 0.3) is 5.69 Å². The van der Waals surface area contributed by atoms with E-state index in [0.717, 1.165) is 17.7 Å². The van der Waals surface area contributed by atoms with Crippen molar-refractivity contribution in [2.24, 2.45) is 0 Å². The average Bonchev–Trinajstić information content (AvgIpc) is 3.06. The van der Waals surface area contributed by atoms with Crippen molar-refractivity contribution in [1.82, 2.24) is 10.0 Å². The van der Waals surface area contributed by atoms with Gasteiger partial charge in [0.05, 0.1) is 11.0 Å². The molecule has 0 radical (unpaired) electrons. The Morgan fingerprint density at radius 1 is 1.33 bits per heavy atom. The van der Waals surface area contributed by atoms with E-state index >= 15 is 0 Å². The molecule has 7 nitrogen and oxygen atoms in total. The molecule has 0 aromatic heterocycles. The van der Waals surface area contributed by atoms with Crippen LogP contribution >= 0.6 is 11.9 Å². The Hall–Kier alpha value is -1.64. The first-order valence-electron chi connectivity index (χ1n) is 8.16. The van der Waals surface area contributed by atoms with Gasteiger partial charge in [-0.3, -0.25) is 19.6 Å². The normalized spacial score (nSPS) is 16.0. The third kappa shape index (κ3) is 6.46. The molecule has 1 saturated carbocycles. The van der Waals surface area contributed by atoms with Crippen LogP contribution in [0.5, 0.6) is 0 Å². The van der Waals surface area contributed by atoms with Gasteiger partial charge in [-0.05, 0) is 43.3 Å². The maximum absolute atomic E-state index is 11.8. The topological polar surface area (TPSA) is 104 Å². The summed E-state index contributed by atoms with van der Waals surface area (Å²) in [5.41, 5.74) is 0.0488. The molecule has 0 spiro atoms. The van der Waals surface area contributed by atoms with Crippen LogP contribution in [0.25, 0.3) is 0 Å². The Labute approximate surface area is 145 Å². The summed E-state index contributed by atoms with van der Waals surface area (Å²) in [5.74, 6) is 0.00368. The highest BCUT2D eigenvalue weighted by Crippen LogP contribution is 2.19. The van der Waals surface area contributed by atoms with Crippen molar-refractivity contribution in [1.29, 1.82) is 0 Å². The first-order chi connectivity index (χ1) is 11.5. The number of rotatable bonds is 9. The molecule has 1 aromatic rings. The summed E-state index contributed by atoms with van der Waals surface area (Å²) in [6, 6.07) is 6.49. The third-order valence-corrected chi connectivity index (χ3v) is 4.80. The van der Waals surface area contributed by atoms with E-state index < -0.39 is 11.0 Å². The van der Waals surface area contributed by atoms with Gasteiger partial charge < -0.3 is 10.4 Å². The Morgan fingerprint density at radius 3 is 2.62 bits per heavy atom. The number of benzene rings is 1. The fourth-order valence-corrected chi connectivity index (χ4v) is 3.34. The van der Waals surface area contributed by atoms with E-state index in [1.165, 1.54) is 36.9 Å². The molecule has 2 rings (SSSR count). The lowest BCUT2D eigenvalue weighted by Gasteiger charge is -2.14. The summed E-state index contributed by atoms with van der Waals surface area (Å²) in [5, 5.41) is 23.5. The molecular formula is C16H23N3O4S. The number of hydrogen-bond acceptors (Lipinski definition) is 6. The fraction of sp³-hybridized carbons (Fsp3) is 0.562. The zero-order valence-electron chi connectivity index (χ0n) is 13.4. The number of non-ortho nitro benzene ring substituents is 1. The monoisotopic (exact) mass is 353 g/mol. The van der Waals surface area contributed by atoms with Crippen molar-refractivity contribution in [3.05, 3.63) is 34.4 Å². The number of amides is 1. The van der Waals surface area contributed by atoms with Crippen LogP contribution in [0.15, 0.2) is 29.2 Å². The Bertz CT molecular complexity index is 547. The molecule has 8 heteroatoms. The van der Waals surface area contributed by atoms with E-state index in [0.29, 0.717) is 25.4 Å². The highest BCUT2D eigenvalue weighted by molar-refractivity contribution is 7.97. The van der Waals surface area contributed by atoms with E-state index in [4.69, 9.17) is 0 Å². The molecule has 132 valence electrons. The molecule has 3 N–H and O–H groups in total. The Morgan fingerprint density at radius 2 is 2.00 bits per heavy atom. The van der Waals surface area contributed by atoms with Crippen molar-refractivity contribution in [3.8, 4) is 0 Å². The van der Waals surface area contributed by atoms with Crippen LogP contribution < -0.4 is 10.0 Å². The molecule has 24 heavy (non-hydrogen) atoms. The highest BCUT2D eigenvalue weighted by Gasteiger charge is 2.17. The zero-order chi connectivity index (χ0) is 17.4. The van der Waals surface area contributed by atoms with E-state index in [-0.39, 0.29) is 11.6 Å². The number of nitrogens with one attached hydrogen (secondary N) is 2. The predicted molar refractivity (Wildman–Crippen MR) is 92.6 cm³/mol. The van der Waals surface area contributed by atoms with Gasteiger partial charge in [0.2, 0.25) is 5.91 Å². The predicted octanol–water partition coefficient (Wildman–Crippen LogP) is 2.39. The standard InChI is InChI=1S/C16H23N3O4S/c20-14(7-10-16(21)18-12-3-1-2-4-12)11-17-24-15-8-5-13(6-9-15)19(22)23/h5-6,8-9,12,14,17,20H,1-4,7,10-11H2,(H,18,21). The van der Waals surface area contributed by atoms with Crippen molar-refractivity contribution in [3.63, 3.8) is 0 Å². The Kier molecular flexibility index (Phi) is 7.48. The zero-order valence-corrected chi connectivity index (χ0v) is 14.3. The van der Waals surface area contributed by atoms with Crippen molar-refractivity contribution < 1.29 is 14.8 Å². The molecule has 1 aliphatic carbocycles. The van der Waals surface area contributed by atoms with E-state index in [9.17, 15) is 20.0 Å². The molecular weight excluding hydrogens is 330 g/mol. The number of aliphatic hydroxyl groups is 1. The van der Waals surface area contributed by atoms with Crippen LogP contribution in [-0.4, -0.2) is 34.6 Å². The fourth-order valence-electron chi connectivity index (χ4n) is 2.63. The van der Waals surface area contributed by atoms with Gasteiger partial charge >= 0.3 is 0 Å². The number of carbonyl (C=O) groups is 1. The summed E-state index contributed by atoms with van der Waals surface area (Å²) in [7, 11) is 0. The summed E-state index contributed by atoms with van der Waals surface area (Å²) in [6.45, 7) is 0.346. The van der Waals surface area contributed by atoms with Gasteiger partial charge in [0, 0.05) is 36.0 Å². The maximum Gasteiger partial charge on any atom is 0.269 e. The van der Waals surface area contributed by atoms with Gasteiger partial charge in [-0.15, -0.1) is 0 Å². The summed E-state index contributed by atoms with van der Waals surface area (Å²) in [6.07, 6.45) is 4.59. The van der Waals surface area contributed by atoms with Gasteiger partial charge in [0.15, 0.2) is 0 Å². The molecule has 1 fully saturated rings. The lowest BCUT2D eigenvalue weighted by atomic mass is 10.1. The second-order valence-corrected chi connectivity index (χ2v) is 6.91.